The van der Waals surface area contributed by atoms with E-state index in [4.69, 9.17) is 16.3 Å². The summed E-state index contributed by atoms with van der Waals surface area (Å²) in [6, 6.07) is 14.6. The first kappa shape index (κ1) is 22.3. The lowest BCUT2D eigenvalue weighted by molar-refractivity contribution is -0.130. The molecule has 2 aromatic rings. The second-order valence-corrected chi connectivity index (χ2v) is 8.69. The van der Waals surface area contributed by atoms with Gasteiger partial charge < -0.3 is 19.9 Å². The summed E-state index contributed by atoms with van der Waals surface area (Å²) in [5.41, 5.74) is 1.53. The third kappa shape index (κ3) is 4.84. The lowest BCUT2D eigenvalue weighted by atomic mass is 10.2. The van der Waals surface area contributed by atoms with Crippen LogP contribution in [0.15, 0.2) is 48.5 Å². The molecule has 0 spiro atoms. The molecule has 1 aliphatic rings. The summed E-state index contributed by atoms with van der Waals surface area (Å²) >= 11 is 8.02. The van der Waals surface area contributed by atoms with Crippen molar-refractivity contribution in [2.24, 2.45) is 0 Å². The Balaban J connectivity index is 1.68. The maximum Gasteiger partial charge on any atom is 0.321 e. The Labute approximate surface area is 186 Å². The van der Waals surface area contributed by atoms with Gasteiger partial charge >= 0.3 is 6.03 Å². The molecule has 2 aromatic carbocycles. The van der Waals surface area contributed by atoms with Gasteiger partial charge in [-0.1, -0.05) is 48.9 Å². The Morgan fingerprint density at radius 1 is 1.23 bits per heavy atom. The van der Waals surface area contributed by atoms with E-state index >= 15 is 0 Å². The van der Waals surface area contributed by atoms with Gasteiger partial charge in [-0.3, -0.25) is 4.79 Å². The van der Waals surface area contributed by atoms with Crippen molar-refractivity contribution in [2.45, 2.75) is 24.0 Å². The van der Waals surface area contributed by atoms with Gasteiger partial charge in [-0.15, -0.1) is 11.8 Å². The van der Waals surface area contributed by atoms with E-state index in [0.29, 0.717) is 29.5 Å². The summed E-state index contributed by atoms with van der Waals surface area (Å²) in [7, 11) is 3.27. The summed E-state index contributed by atoms with van der Waals surface area (Å²) < 4.78 is 5.28. The molecule has 2 unspecified atom stereocenters. The van der Waals surface area contributed by atoms with Crippen LogP contribution in [0.3, 0.4) is 0 Å². The van der Waals surface area contributed by atoms with E-state index in [1.165, 1.54) is 0 Å². The molecule has 1 aliphatic heterocycles. The van der Waals surface area contributed by atoms with E-state index < -0.39 is 0 Å². The van der Waals surface area contributed by atoms with Crippen molar-refractivity contribution in [1.82, 2.24) is 9.80 Å². The zero-order valence-corrected chi connectivity index (χ0v) is 18.9. The highest BCUT2D eigenvalue weighted by molar-refractivity contribution is 8.01. The summed E-state index contributed by atoms with van der Waals surface area (Å²) in [5.74, 6) is 0.681. The number of para-hydroxylation sites is 2. The van der Waals surface area contributed by atoms with Crippen LogP contribution in [0.2, 0.25) is 5.02 Å². The zero-order chi connectivity index (χ0) is 21.7. The second-order valence-electron chi connectivity index (χ2n) is 6.99. The van der Waals surface area contributed by atoms with E-state index in [0.717, 1.165) is 12.0 Å². The molecule has 1 fully saturated rings. The molecule has 0 aromatic heterocycles. The van der Waals surface area contributed by atoms with Gasteiger partial charge in [-0.2, -0.15) is 0 Å². The van der Waals surface area contributed by atoms with Crippen LogP contribution in [0.5, 0.6) is 5.75 Å². The van der Waals surface area contributed by atoms with Crippen LogP contribution in [0.25, 0.3) is 0 Å². The van der Waals surface area contributed by atoms with Gasteiger partial charge in [0.05, 0.1) is 18.0 Å². The molecule has 1 heterocycles. The molecule has 0 aliphatic carbocycles. The van der Waals surface area contributed by atoms with E-state index in [9.17, 15) is 9.59 Å². The number of halogens is 1. The Bertz CT molecular complexity index is 911. The smallest absolute Gasteiger partial charge is 0.321 e. The summed E-state index contributed by atoms with van der Waals surface area (Å²) in [6.45, 7) is 2.83. The summed E-state index contributed by atoms with van der Waals surface area (Å²) in [6.07, 6.45) is 0.755. The van der Waals surface area contributed by atoms with Gasteiger partial charge in [0, 0.05) is 30.7 Å². The average Bonchev–Trinajstić information content (AvgIpc) is 3.07. The number of benzene rings is 2. The van der Waals surface area contributed by atoms with Crippen molar-refractivity contribution >= 4 is 41.0 Å². The molecule has 30 heavy (non-hydrogen) atoms. The number of nitrogens with zero attached hydrogens (tertiary/aromatic N) is 2. The van der Waals surface area contributed by atoms with Gasteiger partial charge in [0.25, 0.3) is 0 Å². The Hall–Kier alpha value is -2.38. The fourth-order valence-electron chi connectivity index (χ4n) is 3.32. The lowest BCUT2D eigenvalue weighted by Gasteiger charge is -2.27. The highest BCUT2D eigenvalue weighted by Crippen LogP contribution is 2.45. The number of hydrogen-bond donors (Lipinski definition) is 1. The number of ether oxygens (including phenoxy) is 1. The standard InChI is InChI=1S/C22H26ClN3O3S/c1-4-19-20(27)26(21(30-19)15-9-5-6-10-16(15)23)14-13-25(2)22(28)24-17-11-7-8-12-18(17)29-3/h5-12,19,21H,4,13-14H2,1-3H3,(H,24,28). The molecule has 6 nitrogen and oxygen atoms in total. The number of hydrogen-bond acceptors (Lipinski definition) is 4. The minimum Gasteiger partial charge on any atom is -0.495 e. The zero-order valence-electron chi connectivity index (χ0n) is 17.3. The van der Waals surface area contributed by atoms with Crippen molar-refractivity contribution in [3.63, 3.8) is 0 Å². The minimum atomic E-state index is -0.264. The monoisotopic (exact) mass is 447 g/mol. The predicted molar refractivity (Wildman–Crippen MR) is 122 cm³/mol. The fraction of sp³-hybridized carbons (Fsp3) is 0.364. The van der Waals surface area contributed by atoms with Crippen LogP contribution in [-0.4, -0.2) is 54.2 Å². The van der Waals surface area contributed by atoms with Crippen LogP contribution < -0.4 is 10.1 Å². The average molecular weight is 448 g/mol. The molecule has 3 amide bonds. The molecule has 160 valence electrons. The first-order chi connectivity index (χ1) is 14.5. The Morgan fingerprint density at radius 2 is 1.93 bits per heavy atom. The molecule has 1 saturated heterocycles. The number of methoxy groups -OCH3 is 1. The van der Waals surface area contributed by atoms with Gasteiger partial charge in [-0.05, 0) is 24.6 Å². The normalized spacial score (nSPS) is 18.4. The molecule has 2 atom stereocenters. The lowest BCUT2D eigenvalue weighted by Crippen LogP contribution is -2.40. The van der Waals surface area contributed by atoms with Gasteiger partial charge in [0.1, 0.15) is 11.1 Å². The maximum atomic E-state index is 12.9. The molecule has 0 saturated carbocycles. The molecule has 8 heteroatoms. The predicted octanol–water partition coefficient (Wildman–Crippen LogP) is 4.87. The van der Waals surface area contributed by atoms with E-state index in [-0.39, 0.29) is 22.6 Å². The highest BCUT2D eigenvalue weighted by atomic mass is 35.5. The number of urea groups is 1. The molecular formula is C22H26ClN3O3S. The van der Waals surface area contributed by atoms with Crippen LogP contribution in [0.1, 0.15) is 24.3 Å². The van der Waals surface area contributed by atoms with E-state index in [1.54, 1.807) is 43.0 Å². The van der Waals surface area contributed by atoms with Gasteiger partial charge in [-0.25, -0.2) is 4.79 Å². The first-order valence-corrected chi connectivity index (χ1v) is 11.1. The summed E-state index contributed by atoms with van der Waals surface area (Å²) in [4.78, 5) is 28.9. The Morgan fingerprint density at radius 3 is 2.63 bits per heavy atom. The third-order valence-corrected chi connectivity index (χ3v) is 7.02. The first-order valence-electron chi connectivity index (χ1n) is 9.81. The van der Waals surface area contributed by atoms with Crippen molar-refractivity contribution in [3.05, 3.63) is 59.1 Å². The number of carbonyl (C=O) groups excluding carboxylic acids is 2. The number of amides is 3. The largest absolute Gasteiger partial charge is 0.495 e. The SMILES string of the molecule is CCC1SC(c2ccccc2Cl)N(CCN(C)C(=O)Nc2ccccc2OC)C1=O. The third-order valence-electron chi connectivity index (χ3n) is 5.05. The van der Waals surface area contributed by atoms with Crippen LogP contribution in [0, 0.1) is 0 Å². The number of rotatable bonds is 7. The topological polar surface area (TPSA) is 61.9 Å². The second kappa shape index (κ2) is 10.1. The number of thioether (sulfide) groups is 1. The minimum absolute atomic E-state index is 0.0888. The quantitative estimate of drug-likeness (QED) is 0.658. The number of likely N-dealkylation sites (N-methyl/N-ethyl adjacent to an activating group) is 1. The van der Waals surface area contributed by atoms with Crippen LogP contribution >= 0.6 is 23.4 Å². The van der Waals surface area contributed by atoms with Gasteiger partial charge in [0.15, 0.2) is 0 Å². The van der Waals surface area contributed by atoms with Crippen molar-refractivity contribution in [2.75, 3.05) is 32.6 Å². The maximum absolute atomic E-state index is 12.9. The molecule has 0 bridgehead atoms. The van der Waals surface area contributed by atoms with Crippen LogP contribution in [-0.2, 0) is 4.79 Å². The molecule has 3 rings (SSSR count). The Kier molecular flexibility index (Phi) is 7.50. The summed E-state index contributed by atoms with van der Waals surface area (Å²) in [5, 5.41) is 3.25. The van der Waals surface area contributed by atoms with Crippen molar-refractivity contribution < 1.29 is 14.3 Å². The van der Waals surface area contributed by atoms with E-state index in [2.05, 4.69) is 5.32 Å². The molecule has 1 N–H and O–H groups in total. The molecule has 0 radical (unpaired) electrons. The van der Waals surface area contributed by atoms with Crippen molar-refractivity contribution in [1.29, 1.82) is 0 Å². The van der Waals surface area contributed by atoms with Crippen molar-refractivity contribution in [3.8, 4) is 5.75 Å². The number of nitrogens with one attached hydrogen (secondary N) is 1. The van der Waals surface area contributed by atoms with E-state index in [1.807, 2.05) is 48.2 Å². The number of carbonyl (C=O) groups is 2. The fourth-order valence-corrected chi connectivity index (χ4v) is 5.09. The highest BCUT2D eigenvalue weighted by Gasteiger charge is 2.40. The van der Waals surface area contributed by atoms with Gasteiger partial charge in [0.2, 0.25) is 5.91 Å². The van der Waals surface area contributed by atoms with Crippen LogP contribution in [0.4, 0.5) is 10.5 Å². The molecular weight excluding hydrogens is 422 g/mol. The number of anilines is 1.